The number of piperidine rings is 1. The van der Waals surface area contributed by atoms with E-state index in [0.29, 0.717) is 5.91 Å². The fourth-order valence-corrected chi connectivity index (χ4v) is 3.35. The van der Waals surface area contributed by atoms with Gasteiger partial charge in [-0.3, -0.25) is 9.69 Å². The molecule has 116 valence electrons. The summed E-state index contributed by atoms with van der Waals surface area (Å²) in [7, 11) is 0. The Balaban J connectivity index is 1.70. The van der Waals surface area contributed by atoms with Gasteiger partial charge in [-0.05, 0) is 25.2 Å². The second-order valence-electron chi connectivity index (χ2n) is 6.37. The van der Waals surface area contributed by atoms with Crippen LogP contribution >= 0.6 is 0 Å². The van der Waals surface area contributed by atoms with E-state index in [9.17, 15) is 4.79 Å². The van der Waals surface area contributed by atoms with E-state index >= 15 is 0 Å². The van der Waals surface area contributed by atoms with E-state index in [4.69, 9.17) is 4.74 Å². The predicted molar refractivity (Wildman–Crippen MR) is 80.6 cm³/mol. The fraction of sp³-hybridized carbons (Fsp3) is 0.938. The summed E-state index contributed by atoms with van der Waals surface area (Å²) in [4.78, 5) is 16.9. The molecule has 2 aliphatic rings. The molecule has 0 aromatic heterocycles. The third kappa shape index (κ3) is 4.45. The van der Waals surface area contributed by atoms with Crippen molar-refractivity contribution >= 4 is 5.91 Å². The van der Waals surface area contributed by atoms with Crippen LogP contribution in [0.15, 0.2) is 0 Å². The molecule has 1 atom stereocenters. The predicted octanol–water partition coefficient (Wildman–Crippen LogP) is 1.99. The Labute approximate surface area is 123 Å². The lowest BCUT2D eigenvalue weighted by atomic mass is 9.94. The van der Waals surface area contributed by atoms with Gasteiger partial charge in [-0.2, -0.15) is 0 Å². The van der Waals surface area contributed by atoms with Crippen molar-refractivity contribution < 1.29 is 9.53 Å². The molecule has 0 aromatic carbocycles. The third-order valence-electron chi connectivity index (χ3n) is 4.69. The molecule has 2 rings (SSSR count). The molecule has 2 heterocycles. The molecular weight excluding hydrogens is 252 g/mol. The first kappa shape index (κ1) is 15.8. The summed E-state index contributed by atoms with van der Waals surface area (Å²) in [6, 6.07) is 0. The van der Waals surface area contributed by atoms with Crippen molar-refractivity contribution in [2.45, 2.75) is 39.5 Å². The lowest BCUT2D eigenvalue weighted by molar-refractivity contribution is -0.136. The number of carbonyl (C=O) groups excluding carboxylic acids is 1. The van der Waals surface area contributed by atoms with E-state index in [2.05, 4.69) is 23.6 Å². The maximum Gasteiger partial charge on any atom is 0.225 e. The number of rotatable bonds is 5. The Morgan fingerprint density at radius 2 is 1.85 bits per heavy atom. The van der Waals surface area contributed by atoms with Crippen molar-refractivity contribution in [3.63, 3.8) is 0 Å². The molecule has 4 heteroatoms. The highest BCUT2D eigenvalue weighted by Gasteiger charge is 2.26. The zero-order chi connectivity index (χ0) is 14.4. The minimum atomic E-state index is 0.204. The number of morpholine rings is 1. The Morgan fingerprint density at radius 3 is 2.45 bits per heavy atom. The molecule has 2 saturated heterocycles. The quantitative estimate of drug-likeness (QED) is 0.773. The smallest absolute Gasteiger partial charge is 0.225 e. The van der Waals surface area contributed by atoms with Crippen LogP contribution in [0.2, 0.25) is 0 Å². The van der Waals surface area contributed by atoms with E-state index in [1.807, 2.05) is 0 Å². The largest absolute Gasteiger partial charge is 0.379 e. The number of amides is 1. The molecule has 2 aliphatic heterocycles. The van der Waals surface area contributed by atoms with Crippen molar-refractivity contribution in [2.24, 2.45) is 11.8 Å². The number of hydrogen-bond acceptors (Lipinski definition) is 3. The number of ether oxygens (including phenoxy) is 1. The van der Waals surface area contributed by atoms with Crippen LogP contribution in [-0.2, 0) is 9.53 Å². The summed E-state index contributed by atoms with van der Waals surface area (Å²) >= 11 is 0. The van der Waals surface area contributed by atoms with Gasteiger partial charge in [0.25, 0.3) is 0 Å². The monoisotopic (exact) mass is 282 g/mol. The zero-order valence-corrected chi connectivity index (χ0v) is 13.1. The Bertz CT molecular complexity index is 295. The average Bonchev–Trinajstić information content (AvgIpc) is 2.48. The van der Waals surface area contributed by atoms with Crippen LogP contribution in [-0.4, -0.2) is 61.6 Å². The highest BCUT2D eigenvalue weighted by Crippen LogP contribution is 2.21. The van der Waals surface area contributed by atoms with Crippen LogP contribution < -0.4 is 0 Å². The lowest BCUT2D eigenvalue weighted by Gasteiger charge is -2.36. The van der Waals surface area contributed by atoms with Gasteiger partial charge in [0, 0.05) is 38.6 Å². The first-order valence-corrected chi connectivity index (χ1v) is 8.29. The van der Waals surface area contributed by atoms with Gasteiger partial charge in [-0.25, -0.2) is 0 Å². The van der Waals surface area contributed by atoms with Crippen molar-refractivity contribution in [2.75, 3.05) is 45.9 Å². The minimum absolute atomic E-state index is 0.204. The summed E-state index contributed by atoms with van der Waals surface area (Å²) < 4.78 is 5.39. The summed E-state index contributed by atoms with van der Waals surface area (Å²) in [6.07, 6.45) is 4.46. The van der Waals surface area contributed by atoms with Crippen LogP contribution in [0.3, 0.4) is 0 Å². The van der Waals surface area contributed by atoms with Gasteiger partial charge in [0.15, 0.2) is 0 Å². The van der Waals surface area contributed by atoms with Gasteiger partial charge in [0.1, 0.15) is 0 Å². The van der Waals surface area contributed by atoms with Crippen LogP contribution in [0, 0.1) is 11.8 Å². The minimum Gasteiger partial charge on any atom is -0.379 e. The topological polar surface area (TPSA) is 32.8 Å². The van der Waals surface area contributed by atoms with Crippen molar-refractivity contribution in [3.8, 4) is 0 Å². The molecule has 1 unspecified atom stereocenters. The van der Waals surface area contributed by atoms with E-state index in [-0.39, 0.29) is 5.92 Å². The summed E-state index contributed by atoms with van der Waals surface area (Å²) in [5.74, 6) is 1.34. The number of carbonyl (C=O) groups is 1. The highest BCUT2D eigenvalue weighted by molar-refractivity contribution is 5.78. The van der Waals surface area contributed by atoms with Gasteiger partial charge in [-0.1, -0.05) is 20.3 Å². The van der Waals surface area contributed by atoms with Gasteiger partial charge >= 0.3 is 0 Å². The maximum absolute atomic E-state index is 12.3. The number of nitrogens with zero attached hydrogens (tertiary/aromatic N) is 2. The Kier molecular flexibility index (Phi) is 6.30. The summed E-state index contributed by atoms with van der Waals surface area (Å²) in [5.41, 5.74) is 0. The summed E-state index contributed by atoms with van der Waals surface area (Å²) in [6.45, 7) is 11.3. The van der Waals surface area contributed by atoms with E-state index in [1.54, 1.807) is 0 Å². The molecule has 0 bridgehead atoms. The second kappa shape index (κ2) is 7.99. The Hall–Kier alpha value is -0.610. The van der Waals surface area contributed by atoms with Crippen LogP contribution in [0.5, 0.6) is 0 Å². The van der Waals surface area contributed by atoms with E-state index in [1.165, 1.54) is 19.4 Å². The molecule has 1 amide bonds. The van der Waals surface area contributed by atoms with Gasteiger partial charge in [0.2, 0.25) is 5.91 Å². The maximum atomic E-state index is 12.3. The van der Waals surface area contributed by atoms with Gasteiger partial charge in [0.05, 0.1) is 13.2 Å². The van der Waals surface area contributed by atoms with E-state index < -0.39 is 0 Å². The standard InChI is InChI=1S/C16H30N2O2/c1-3-4-14(2)16(19)18-7-5-15(6-8-18)13-17-9-11-20-12-10-17/h14-15H,3-13H2,1-2H3. The van der Waals surface area contributed by atoms with Gasteiger partial charge < -0.3 is 9.64 Å². The first-order chi connectivity index (χ1) is 9.70. The molecule has 0 N–H and O–H groups in total. The van der Waals surface area contributed by atoms with Crippen LogP contribution in [0.25, 0.3) is 0 Å². The van der Waals surface area contributed by atoms with Crippen molar-refractivity contribution in [1.29, 1.82) is 0 Å². The number of likely N-dealkylation sites (tertiary alicyclic amines) is 1. The van der Waals surface area contributed by atoms with Crippen molar-refractivity contribution in [1.82, 2.24) is 9.80 Å². The number of hydrogen-bond donors (Lipinski definition) is 0. The third-order valence-corrected chi connectivity index (χ3v) is 4.69. The molecule has 0 saturated carbocycles. The molecule has 0 aliphatic carbocycles. The zero-order valence-electron chi connectivity index (χ0n) is 13.1. The SMILES string of the molecule is CCCC(C)C(=O)N1CCC(CN2CCOCC2)CC1. The average molecular weight is 282 g/mol. The highest BCUT2D eigenvalue weighted by atomic mass is 16.5. The normalized spacial score (nSPS) is 23.8. The van der Waals surface area contributed by atoms with Crippen molar-refractivity contribution in [3.05, 3.63) is 0 Å². The lowest BCUT2D eigenvalue weighted by Crippen LogP contribution is -2.45. The van der Waals surface area contributed by atoms with Gasteiger partial charge in [-0.15, -0.1) is 0 Å². The molecular formula is C16H30N2O2. The molecule has 0 aromatic rings. The van der Waals surface area contributed by atoms with Crippen LogP contribution in [0.4, 0.5) is 0 Å². The fourth-order valence-electron chi connectivity index (χ4n) is 3.35. The first-order valence-electron chi connectivity index (χ1n) is 8.29. The molecule has 2 fully saturated rings. The molecule has 0 radical (unpaired) electrons. The van der Waals surface area contributed by atoms with Crippen LogP contribution in [0.1, 0.15) is 39.5 Å². The molecule has 0 spiro atoms. The van der Waals surface area contributed by atoms with E-state index in [0.717, 1.165) is 58.2 Å². The second-order valence-corrected chi connectivity index (χ2v) is 6.37. The Morgan fingerprint density at radius 1 is 1.20 bits per heavy atom. The molecule has 4 nitrogen and oxygen atoms in total. The summed E-state index contributed by atoms with van der Waals surface area (Å²) in [5, 5.41) is 0. The molecule has 20 heavy (non-hydrogen) atoms.